The van der Waals surface area contributed by atoms with E-state index in [1.807, 2.05) is 18.7 Å². The zero-order valence-corrected chi connectivity index (χ0v) is 12.5. The minimum atomic E-state index is 0.388. The van der Waals surface area contributed by atoms with E-state index in [1.165, 1.54) is 21.7 Å². The van der Waals surface area contributed by atoms with Crippen LogP contribution < -0.4 is 5.32 Å². The molecular formula is C17H19NOS. The lowest BCUT2D eigenvalue weighted by Crippen LogP contribution is -2.11. The molecule has 1 atom stereocenters. The van der Waals surface area contributed by atoms with Gasteiger partial charge in [-0.3, -0.25) is 0 Å². The molecule has 0 saturated carbocycles. The number of hydrogen-bond acceptors (Lipinski definition) is 3. The Bertz CT molecular complexity index is 585. The fraction of sp³-hybridized carbons (Fsp3) is 0.294. The Morgan fingerprint density at radius 2 is 1.95 bits per heavy atom. The van der Waals surface area contributed by atoms with E-state index in [-0.39, 0.29) is 0 Å². The van der Waals surface area contributed by atoms with E-state index in [0.717, 1.165) is 12.4 Å². The van der Waals surface area contributed by atoms with Crippen molar-refractivity contribution in [3.8, 4) is 0 Å². The third kappa shape index (κ3) is 2.84. The van der Waals surface area contributed by atoms with Crippen LogP contribution in [0.2, 0.25) is 0 Å². The molecular weight excluding hydrogens is 266 g/mol. The zero-order valence-electron chi connectivity index (χ0n) is 11.6. The number of anilines is 1. The molecule has 3 heteroatoms. The Hall–Kier alpha value is -1.45. The Morgan fingerprint density at radius 3 is 2.85 bits per heavy atom. The first-order valence-corrected chi connectivity index (χ1v) is 8.01. The number of para-hydroxylation sites is 1. The van der Waals surface area contributed by atoms with Crippen molar-refractivity contribution >= 4 is 17.4 Å². The second-order valence-corrected chi connectivity index (χ2v) is 5.90. The second-order valence-electron chi connectivity index (χ2n) is 4.84. The summed E-state index contributed by atoms with van der Waals surface area (Å²) in [4.78, 5) is 1.40. The molecule has 104 valence electrons. The fourth-order valence-electron chi connectivity index (χ4n) is 2.47. The van der Waals surface area contributed by atoms with E-state index >= 15 is 0 Å². The van der Waals surface area contributed by atoms with Crippen LogP contribution in [0.4, 0.5) is 5.69 Å². The van der Waals surface area contributed by atoms with Crippen LogP contribution in [0, 0.1) is 0 Å². The standard InChI is InChI=1S/C17H19NOS/c1-2-19-11-13-7-3-5-9-15(13)18-16-12-20-17-10-6-4-8-14(16)17/h3-10,16,18H,2,11-12H2,1H3. The number of fused-ring (bicyclic) bond motifs is 1. The number of ether oxygens (including phenoxy) is 1. The van der Waals surface area contributed by atoms with Gasteiger partial charge in [0.05, 0.1) is 12.6 Å². The number of hydrogen-bond donors (Lipinski definition) is 1. The highest BCUT2D eigenvalue weighted by atomic mass is 32.2. The summed E-state index contributed by atoms with van der Waals surface area (Å²) in [5, 5.41) is 3.67. The number of benzene rings is 2. The van der Waals surface area contributed by atoms with Crippen LogP contribution in [-0.4, -0.2) is 12.4 Å². The van der Waals surface area contributed by atoms with Crippen molar-refractivity contribution in [1.29, 1.82) is 0 Å². The molecule has 2 nitrogen and oxygen atoms in total. The summed E-state index contributed by atoms with van der Waals surface area (Å²) in [6.45, 7) is 3.44. The summed E-state index contributed by atoms with van der Waals surface area (Å²) in [6, 6.07) is 17.4. The molecule has 2 aromatic rings. The SMILES string of the molecule is CCOCc1ccccc1NC1CSc2ccccc21. The quantitative estimate of drug-likeness (QED) is 0.875. The third-order valence-electron chi connectivity index (χ3n) is 3.51. The summed E-state index contributed by atoms with van der Waals surface area (Å²) in [5.74, 6) is 1.09. The summed E-state index contributed by atoms with van der Waals surface area (Å²) in [6.07, 6.45) is 0. The maximum Gasteiger partial charge on any atom is 0.0736 e. The smallest absolute Gasteiger partial charge is 0.0736 e. The molecule has 0 fully saturated rings. The number of thioether (sulfide) groups is 1. The lowest BCUT2D eigenvalue weighted by atomic mass is 10.1. The maximum atomic E-state index is 5.55. The highest BCUT2D eigenvalue weighted by molar-refractivity contribution is 7.99. The van der Waals surface area contributed by atoms with Gasteiger partial charge in [-0.05, 0) is 24.6 Å². The molecule has 1 heterocycles. The van der Waals surface area contributed by atoms with Crippen molar-refractivity contribution in [2.24, 2.45) is 0 Å². The van der Waals surface area contributed by atoms with Crippen LogP contribution in [0.1, 0.15) is 24.1 Å². The van der Waals surface area contributed by atoms with Crippen LogP contribution in [0.25, 0.3) is 0 Å². The molecule has 0 aliphatic carbocycles. The van der Waals surface area contributed by atoms with Gasteiger partial charge in [-0.25, -0.2) is 0 Å². The van der Waals surface area contributed by atoms with E-state index in [4.69, 9.17) is 4.74 Å². The molecule has 1 aliphatic rings. The third-order valence-corrected chi connectivity index (χ3v) is 4.69. The topological polar surface area (TPSA) is 21.3 Å². The fourth-order valence-corrected chi connectivity index (χ4v) is 3.63. The summed E-state index contributed by atoms with van der Waals surface area (Å²) in [5.41, 5.74) is 3.82. The van der Waals surface area contributed by atoms with E-state index in [2.05, 4.69) is 53.8 Å². The van der Waals surface area contributed by atoms with Gasteiger partial charge in [-0.1, -0.05) is 36.4 Å². The van der Waals surface area contributed by atoms with Gasteiger partial charge in [-0.15, -0.1) is 11.8 Å². The highest BCUT2D eigenvalue weighted by Gasteiger charge is 2.22. The van der Waals surface area contributed by atoms with Crippen LogP contribution in [-0.2, 0) is 11.3 Å². The Kier molecular flexibility index (Phi) is 4.28. The first-order valence-electron chi connectivity index (χ1n) is 7.02. The van der Waals surface area contributed by atoms with Crippen molar-refractivity contribution in [1.82, 2.24) is 0 Å². The molecule has 0 spiro atoms. The van der Waals surface area contributed by atoms with Gasteiger partial charge < -0.3 is 10.1 Å². The van der Waals surface area contributed by atoms with E-state index in [0.29, 0.717) is 12.6 Å². The highest BCUT2D eigenvalue weighted by Crippen LogP contribution is 2.39. The molecule has 2 aromatic carbocycles. The predicted octanol–water partition coefficient (Wildman–Crippen LogP) is 4.48. The minimum Gasteiger partial charge on any atom is -0.377 e. The van der Waals surface area contributed by atoms with Crippen LogP contribution in [0.5, 0.6) is 0 Å². The lowest BCUT2D eigenvalue weighted by molar-refractivity contribution is 0.134. The van der Waals surface area contributed by atoms with Crippen LogP contribution >= 0.6 is 11.8 Å². The molecule has 0 amide bonds. The normalized spacial score (nSPS) is 16.9. The van der Waals surface area contributed by atoms with Crippen molar-refractivity contribution < 1.29 is 4.74 Å². The summed E-state index contributed by atoms with van der Waals surface area (Å²) >= 11 is 1.93. The van der Waals surface area contributed by atoms with Gasteiger partial charge in [0.2, 0.25) is 0 Å². The van der Waals surface area contributed by atoms with Crippen molar-refractivity contribution in [3.05, 3.63) is 59.7 Å². The molecule has 0 radical (unpaired) electrons. The Balaban J connectivity index is 1.79. The molecule has 0 bridgehead atoms. The monoisotopic (exact) mass is 285 g/mol. The van der Waals surface area contributed by atoms with Crippen molar-refractivity contribution in [2.45, 2.75) is 24.5 Å². The predicted molar refractivity (Wildman–Crippen MR) is 85.3 cm³/mol. The molecule has 1 N–H and O–H groups in total. The van der Waals surface area contributed by atoms with Crippen LogP contribution in [0.15, 0.2) is 53.4 Å². The summed E-state index contributed by atoms with van der Waals surface area (Å²) in [7, 11) is 0. The summed E-state index contributed by atoms with van der Waals surface area (Å²) < 4.78 is 5.55. The first kappa shape index (κ1) is 13.5. The average Bonchev–Trinajstić information content (AvgIpc) is 2.90. The number of rotatable bonds is 5. The zero-order chi connectivity index (χ0) is 13.8. The van der Waals surface area contributed by atoms with Crippen molar-refractivity contribution in [2.75, 3.05) is 17.7 Å². The minimum absolute atomic E-state index is 0.388. The van der Waals surface area contributed by atoms with Gasteiger partial charge in [0.25, 0.3) is 0 Å². The number of nitrogens with one attached hydrogen (secondary N) is 1. The molecule has 3 rings (SSSR count). The average molecular weight is 285 g/mol. The van der Waals surface area contributed by atoms with Gasteiger partial charge in [0.15, 0.2) is 0 Å². The van der Waals surface area contributed by atoms with E-state index in [9.17, 15) is 0 Å². The van der Waals surface area contributed by atoms with Gasteiger partial charge >= 0.3 is 0 Å². The van der Waals surface area contributed by atoms with E-state index < -0.39 is 0 Å². The van der Waals surface area contributed by atoms with E-state index in [1.54, 1.807) is 0 Å². The first-order chi connectivity index (χ1) is 9.88. The van der Waals surface area contributed by atoms with Crippen molar-refractivity contribution in [3.63, 3.8) is 0 Å². The lowest BCUT2D eigenvalue weighted by Gasteiger charge is -2.18. The molecule has 1 aliphatic heterocycles. The molecule has 0 saturated heterocycles. The molecule has 1 unspecified atom stereocenters. The second kappa shape index (κ2) is 6.33. The van der Waals surface area contributed by atoms with Gasteiger partial charge in [0.1, 0.15) is 0 Å². The molecule has 20 heavy (non-hydrogen) atoms. The maximum absolute atomic E-state index is 5.55. The Morgan fingerprint density at radius 1 is 1.15 bits per heavy atom. The van der Waals surface area contributed by atoms with Gasteiger partial charge in [-0.2, -0.15) is 0 Å². The Labute approximate surface area is 124 Å². The molecule has 0 aromatic heterocycles. The van der Waals surface area contributed by atoms with Crippen LogP contribution in [0.3, 0.4) is 0 Å². The van der Waals surface area contributed by atoms with Gasteiger partial charge in [0, 0.05) is 28.5 Å². The largest absolute Gasteiger partial charge is 0.377 e.